The molecule has 6 heteroatoms. The third-order valence-electron chi connectivity index (χ3n) is 3.54. The van der Waals surface area contributed by atoms with Crippen molar-refractivity contribution in [3.05, 3.63) is 59.1 Å². The van der Waals surface area contributed by atoms with E-state index in [1.165, 1.54) is 0 Å². The highest BCUT2D eigenvalue weighted by Gasteiger charge is 2.15. The molecule has 0 fully saturated rings. The maximum Gasteiger partial charge on any atom is 0.236 e. The van der Waals surface area contributed by atoms with Gasteiger partial charge in [-0.1, -0.05) is 12.1 Å². The predicted octanol–water partition coefficient (Wildman–Crippen LogP) is 3.10. The average Bonchev–Trinajstić information content (AvgIpc) is 3.19. The van der Waals surface area contributed by atoms with E-state index in [2.05, 4.69) is 14.9 Å². The monoisotopic (exact) mass is 329 g/mol. The molecule has 3 aromatic rings. The first-order valence-corrected chi connectivity index (χ1v) is 8.36. The molecule has 0 unspecified atom stereocenters. The molecule has 0 saturated carbocycles. The molecule has 120 valence electrons. The number of aliphatic hydroxyl groups is 1. The van der Waals surface area contributed by atoms with Crippen molar-refractivity contribution in [2.24, 2.45) is 0 Å². The molecule has 3 aromatic heterocycles. The second-order valence-corrected chi connectivity index (χ2v) is 6.24. The molecule has 0 aliphatic rings. The summed E-state index contributed by atoms with van der Waals surface area (Å²) in [6.07, 6.45) is 3.60. The number of oxazole rings is 1. The maximum atomic E-state index is 9.32. The van der Waals surface area contributed by atoms with Crippen molar-refractivity contribution < 1.29 is 9.52 Å². The normalized spacial score (nSPS) is 11.3. The number of hydrogen-bond donors (Lipinski definition) is 1. The molecular formula is C17H19N3O2S. The summed E-state index contributed by atoms with van der Waals surface area (Å²) in [6.45, 7) is 3.97. The number of aromatic nitrogens is 2. The fourth-order valence-corrected chi connectivity index (χ4v) is 3.05. The Morgan fingerprint density at radius 1 is 1.26 bits per heavy atom. The van der Waals surface area contributed by atoms with Crippen LogP contribution in [0.5, 0.6) is 0 Å². The summed E-state index contributed by atoms with van der Waals surface area (Å²) in [4.78, 5) is 11.9. The smallest absolute Gasteiger partial charge is 0.236 e. The first-order chi connectivity index (χ1) is 11.3. The zero-order valence-corrected chi connectivity index (χ0v) is 13.8. The summed E-state index contributed by atoms with van der Waals surface area (Å²) in [5.41, 5.74) is 2.02. The first-order valence-electron chi connectivity index (χ1n) is 7.48. The van der Waals surface area contributed by atoms with Crippen molar-refractivity contribution in [1.82, 2.24) is 14.9 Å². The minimum atomic E-state index is 0.106. The highest BCUT2D eigenvalue weighted by atomic mass is 32.1. The van der Waals surface area contributed by atoms with Gasteiger partial charge in [0.15, 0.2) is 0 Å². The Morgan fingerprint density at radius 3 is 2.87 bits per heavy atom. The van der Waals surface area contributed by atoms with Crippen molar-refractivity contribution in [3.8, 4) is 10.8 Å². The van der Waals surface area contributed by atoms with E-state index in [1.807, 2.05) is 42.8 Å². The van der Waals surface area contributed by atoms with Crippen LogP contribution in [0.25, 0.3) is 10.8 Å². The van der Waals surface area contributed by atoms with Crippen LogP contribution in [0, 0.1) is 6.92 Å². The Hall–Kier alpha value is -2.02. The van der Waals surface area contributed by atoms with Crippen LogP contribution in [0.15, 0.2) is 46.5 Å². The van der Waals surface area contributed by atoms with E-state index in [0.717, 1.165) is 28.4 Å². The van der Waals surface area contributed by atoms with Gasteiger partial charge >= 0.3 is 0 Å². The number of thiophene rings is 1. The second kappa shape index (κ2) is 7.50. The van der Waals surface area contributed by atoms with Gasteiger partial charge in [-0.15, -0.1) is 11.3 Å². The number of aliphatic hydroxyl groups excluding tert-OH is 1. The van der Waals surface area contributed by atoms with Crippen LogP contribution in [0.2, 0.25) is 0 Å². The van der Waals surface area contributed by atoms with E-state index in [-0.39, 0.29) is 6.61 Å². The third-order valence-corrected chi connectivity index (χ3v) is 4.40. The summed E-state index contributed by atoms with van der Waals surface area (Å²) >= 11 is 1.61. The maximum absolute atomic E-state index is 9.32. The van der Waals surface area contributed by atoms with E-state index in [1.54, 1.807) is 17.5 Å². The van der Waals surface area contributed by atoms with Gasteiger partial charge in [-0.2, -0.15) is 0 Å². The Labute approximate surface area is 139 Å². The fourth-order valence-electron chi connectivity index (χ4n) is 2.40. The van der Waals surface area contributed by atoms with E-state index in [4.69, 9.17) is 4.42 Å². The zero-order valence-electron chi connectivity index (χ0n) is 13.0. The molecule has 0 atom stereocenters. The molecule has 1 N–H and O–H groups in total. The van der Waals surface area contributed by atoms with Gasteiger partial charge in [0, 0.05) is 32.0 Å². The SMILES string of the molecule is Cc1oc(-c2cccs2)nc1CN(CCO)Cc1cccnc1. The summed E-state index contributed by atoms with van der Waals surface area (Å²) in [7, 11) is 0. The Bertz CT molecular complexity index is 726. The van der Waals surface area contributed by atoms with E-state index in [0.29, 0.717) is 19.0 Å². The molecule has 23 heavy (non-hydrogen) atoms. The molecule has 0 spiro atoms. The Kier molecular flexibility index (Phi) is 5.17. The van der Waals surface area contributed by atoms with E-state index >= 15 is 0 Å². The lowest BCUT2D eigenvalue weighted by atomic mass is 10.2. The molecular weight excluding hydrogens is 310 g/mol. The van der Waals surface area contributed by atoms with Gasteiger partial charge < -0.3 is 9.52 Å². The van der Waals surface area contributed by atoms with Crippen LogP contribution in [-0.2, 0) is 13.1 Å². The second-order valence-electron chi connectivity index (χ2n) is 5.29. The summed E-state index contributed by atoms with van der Waals surface area (Å²) in [5, 5.41) is 11.3. The van der Waals surface area contributed by atoms with Gasteiger partial charge in [0.25, 0.3) is 0 Å². The van der Waals surface area contributed by atoms with E-state index < -0.39 is 0 Å². The topological polar surface area (TPSA) is 62.4 Å². The van der Waals surface area contributed by atoms with Crippen molar-refractivity contribution >= 4 is 11.3 Å². The standard InChI is InChI=1S/C17H19N3O2S/c1-13-15(19-17(22-13)16-5-3-9-23-16)12-20(7-8-21)11-14-4-2-6-18-10-14/h2-6,9-10,21H,7-8,11-12H2,1H3. The molecule has 3 heterocycles. The lowest BCUT2D eigenvalue weighted by Crippen LogP contribution is -2.26. The van der Waals surface area contributed by atoms with Crippen LogP contribution < -0.4 is 0 Å². The van der Waals surface area contributed by atoms with Crippen LogP contribution in [0.3, 0.4) is 0 Å². The molecule has 3 rings (SSSR count). The lowest BCUT2D eigenvalue weighted by Gasteiger charge is -2.20. The predicted molar refractivity (Wildman–Crippen MR) is 90.0 cm³/mol. The number of rotatable bonds is 7. The largest absolute Gasteiger partial charge is 0.440 e. The number of hydrogen-bond acceptors (Lipinski definition) is 6. The van der Waals surface area contributed by atoms with Gasteiger partial charge in [-0.05, 0) is 30.0 Å². The minimum Gasteiger partial charge on any atom is -0.440 e. The van der Waals surface area contributed by atoms with Crippen LogP contribution in [-0.4, -0.2) is 33.1 Å². The van der Waals surface area contributed by atoms with E-state index in [9.17, 15) is 5.11 Å². The molecule has 0 bridgehead atoms. The number of aryl methyl sites for hydroxylation is 1. The van der Waals surface area contributed by atoms with Crippen molar-refractivity contribution in [1.29, 1.82) is 0 Å². The number of pyridine rings is 1. The van der Waals surface area contributed by atoms with Crippen LogP contribution >= 0.6 is 11.3 Å². The van der Waals surface area contributed by atoms with Gasteiger partial charge in [-0.3, -0.25) is 9.88 Å². The highest BCUT2D eigenvalue weighted by molar-refractivity contribution is 7.13. The summed E-state index contributed by atoms with van der Waals surface area (Å²) in [5.74, 6) is 1.49. The summed E-state index contributed by atoms with van der Waals surface area (Å²) < 4.78 is 5.79. The number of nitrogens with zero attached hydrogens (tertiary/aromatic N) is 3. The Balaban J connectivity index is 1.75. The van der Waals surface area contributed by atoms with Gasteiger partial charge in [0.1, 0.15) is 5.76 Å². The first kappa shape index (κ1) is 15.9. The zero-order chi connectivity index (χ0) is 16.1. The fraction of sp³-hybridized carbons (Fsp3) is 0.294. The van der Waals surface area contributed by atoms with Gasteiger partial charge in [0.2, 0.25) is 5.89 Å². The van der Waals surface area contributed by atoms with Crippen molar-refractivity contribution in [2.45, 2.75) is 20.0 Å². The van der Waals surface area contributed by atoms with Crippen molar-refractivity contribution in [3.63, 3.8) is 0 Å². The highest BCUT2D eigenvalue weighted by Crippen LogP contribution is 2.26. The lowest BCUT2D eigenvalue weighted by molar-refractivity contribution is 0.182. The molecule has 0 aliphatic carbocycles. The third kappa shape index (κ3) is 4.04. The van der Waals surface area contributed by atoms with Gasteiger partial charge in [-0.25, -0.2) is 4.98 Å². The molecule has 0 amide bonds. The van der Waals surface area contributed by atoms with Crippen LogP contribution in [0.4, 0.5) is 0 Å². The van der Waals surface area contributed by atoms with Crippen LogP contribution in [0.1, 0.15) is 17.0 Å². The quantitative estimate of drug-likeness (QED) is 0.722. The van der Waals surface area contributed by atoms with Gasteiger partial charge in [0.05, 0.1) is 17.2 Å². The molecule has 5 nitrogen and oxygen atoms in total. The van der Waals surface area contributed by atoms with Crippen molar-refractivity contribution in [2.75, 3.05) is 13.2 Å². The molecule has 0 aliphatic heterocycles. The molecule has 0 radical (unpaired) electrons. The average molecular weight is 329 g/mol. The Morgan fingerprint density at radius 2 is 2.17 bits per heavy atom. The summed E-state index contributed by atoms with van der Waals surface area (Å²) in [6, 6.07) is 7.94. The minimum absolute atomic E-state index is 0.106. The molecule has 0 aromatic carbocycles. The molecule has 0 saturated heterocycles.